The maximum atomic E-state index is 5.59. The van der Waals surface area contributed by atoms with Gasteiger partial charge in [0.25, 0.3) is 0 Å². The van der Waals surface area contributed by atoms with Gasteiger partial charge < -0.3 is 9.47 Å². The van der Waals surface area contributed by atoms with Crippen molar-refractivity contribution < 1.29 is 9.47 Å². The Labute approximate surface area is 103 Å². The van der Waals surface area contributed by atoms with Gasteiger partial charge in [-0.1, -0.05) is 29.8 Å². The summed E-state index contributed by atoms with van der Waals surface area (Å²) in [4.78, 5) is 0. The van der Waals surface area contributed by atoms with Gasteiger partial charge in [0.2, 0.25) is 0 Å². The van der Waals surface area contributed by atoms with Crippen molar-refractivity contribution in [2.45, 2.75) is 33.1 Å². The van der Waals surface area contributed by atoms with E-state index in [2.05, 4.69) is 24.5 Å². The first-order valence-electron chi connectivity index (χ1n) is 5.98. The van der Waals surface area contributed by atoms with E-state index in [0.717, 1.165) is 5.56 Å². The van der Waals surface area contributed by atoms with E-state index < -0.39 is 0 Å². The zero-order chi connectivity index (χ0) is 12.7. The van der Waals surface area contributed by atoms with Crippen molar-refractivity contribution in [1.29, 1.82) is 0 Å². The summed E-state index contributed by atoms with van der Waals surface area (Å²) in [5, 5.41) is 0. The van der Waals surface area contributed by atoms with Gasteiger partial charge in [-0.3, -0.25) is 5.84 Å². The van der Waals surface area contributed by atoms with E-state index >= 15 is 0 Å². The molecule has 1 atom stereocenters. The molecule has 0 heterocycles. The highest BCUT2D eigenvalue weighted by atomic mass is 16.7. The van der Waals surface area contributed by atoms with Crippen molar-refractivity contribution in [3.8, 4) is 0 Å². The Morgan fingerprint density at radius 3 is 2.06 bits per heavy atom. The molecule has 0 saturated heterocycles. The summed E-state index contributed by atoms with van der Waals surface area (Å²) in [6.07, 6.45) is -0.363. The van der Waals surface area contributed by atoms with Crippen LogP contribution >= 0.6 is 0 Å². The quantitative estimate of drug-likeness (QED) is 0.433. The zero-order valence-electron chi connectivity index (χ0n) is 10.8. The molecule has 1 aromatic rings. The van der Waals surface area contributed by atoms with E-state index in [9.17, 15) is 0 Å². The standard InChI is InChI=1S/C13H22N2O2/c1-4-16-13(17-5-2)12(15-14)11-8-6-10(3)7-9-11/h6-9,12-13,15H,4-5,14H2,1-3H3. The second-order valence-electron chi connectivity index (χ2n) is 3.83. The molecule has 4 heteroatoms. The number of hydrogen-bond acceptors (Lipinski definition) is 4. The van der Waals surface area contributed by atoms with Crippen LogP contribution in [-0.4, -0.2) is 19.5 Å². The lowest BCUT2D eigenvalue weighted by molar-refractivity contribution is -0.155. The number of benzene rings is 1. The Hall–Kier alpha value is -0.940. The van der Waals surface area contributed by atoms with Crippen LogP contribution in [0.25, 0.3) is 0 Å². The summed E-state index contributed by atoms with van der Waals surface area (Å²) in [6.45, 7) is 7.12. The molecule has 0 aliphatic heterocycles. The van der Waals surface area contributed by atoms with Crippen LogP contribution in [0.1, 0.15) is 31.0 Å². The van der Waals surface area contributed by atoms with Crippen LogP contribution in [0.2, 0.25) is 0 Å². The summed E-state index contributed by atoms with van der Waals surface area (Å²) in [7, 11) is 0. The second kappa shape index (κ2) is 7.40. The van der Waals surface area contributed by atoms with E-state index in [4.69, 9.17) is 15.3 Å². The lowest BCUT2D eigenvalue weighted by atomic mass is 10.1. The predicted octanol–water partition coefficient (Wildman–Crippen LogP) is 1.90. The van der Waals surface area contributed by atoms with Gasteiger partial charge in [0.05, 0.1) is 6.04 Å². The van der Waals surface area contributed by atoms with Crippen LogP contribution in [0.3, 0.4) is 0 Å². The van der Waals surface area contributed by atoms with Gasteiger partial charge in [-0.15, -0.1) is 0 Å². The number of rotatable bonds is 7. The topological polar surface area (TPSA) is 56.5 Å². The van der Waals surface area contributed by atoms with E-state index in [1.165, 1.54) is 5.56 Å². The van der Waals surface area contributed by atoms with Crippen LogP contribution in [0, 0.1) is 6.92 Å². The van der Waals surface area contributed by atoms with Crippen molar-refractivity contribution >= 4 is 0 Å². The summed E-state index contributed by atoms with van der Waals surface area (Å²) < 4.78 is 11.1. The first-order chi connectivity index (χ1) is 8.22. The Morgan fingerprint density at radius 2 is 1.65 bits per heavy atom. The largest absolute Gasteiger partial charge is 0.351 e. The van der Waals surface area contributed by atoms with Crippen LogP contribution in [-0.2, 0) is 9.47 Å². The fourth-order valence-corrected chi connectivity index (χ4v) is 1.67. The molecule has 1 unspecified atom stereocenters. The monoisotopic (exact) mass is 238 g/mol. The van der Waals surface area contributed by atoms with Gasteiger partial charge in [-0.05, 0) is 26.3 Å². The normalized spacial score (nSPS) is 13.0. The lowest BCUT2D eigenvalue weighted by Crippen LogP contribution is -2.39. The number of aryl methyl sites for hydroxylation is 1. The third kappa shape index (κ3) is 4.09. The molecule has 0 saturated carbocycles. The van der Waals surface area contributed by atoms with Gasteiger partial charge in [0.1, 0.15) is 0 Å². The maximum absolute atomic E-state index is 5.59. The molecule has 0 aromatic heterocycles. The van der Waals surface area contributed by atoms with E-state index in [1.54, 1.807) is 0 Å². The highest BCUT2D eigenvalue weighted by Crippen LogP contribution is 2.20. The summed E-state index contributed by atoms with van der Waals surface area (Å²) >= 11 is 0. The molecule has 0 aliphatic carbocycles. The lowest BCUT2D eigenvalue weighted by Gasteiger charge is -2.26. The zero-order valence-corrected chi connectivity index (χ0v) is 10.8. The molecule has 0 aliphatic rings. The summed E-state index contributed by atoms with van der Waals surface area (Å²) in [5.41, 5.74) is 5.03. The predicted molar refractivity (Wildman–Crippen MR) is 68.3 cm³/mol. The average Bonchev–Trinajstić information content (AvgIpc) is 2.33. The van der Waals surface area contributed by atoms with Crippen molar-refractivity contribution in [1.82, 2.24) is 5.43 Å². The average molecular weight is 238 g/mol. The molecular weight excluding hydrogens is 216 g/mol. The first kappa shape index (κ1) is 14.1. The molecule has 4 nitrogen and oxygen atoms in total. The first-order valence-corrected chi connectivity index (χ1v) is 5.98. The van der Waals surface area contributed by atoms with Crippen LogP contribution in [0.15, 0.2) is 24.3 Å². The number of nitrogens with one attached hydrogen (secondary N) is 1. The number of hydrazine groups is 1. The summed E-state index contributed by atoms with van der Waals surface area (Å²) in [6, 6.07) is 8.01. The molecule has 96 valence electrons. The van der Waals surface area contributed by atoms with Crippen LogP contribution < -0.4 is 11.3 Å². The maximum Gasteiger partial charge on any atom is 0.178 e. The smallest absolute Gasteiger partial charge is 0.178 e. The van der Waals surface area contributed by atoms with Gasteiger partial charge in [0.15, 0.2) is 6.29 Å². The minimum atomic E-state index is -0.363. The summed E-state index contributed by atoms with van der Waals surface area (Å²) in [5.74, 6) is 5.59. The molecule has 1 aromatic carbocycles. The third-order valence-corrected chi connectivity index (χ3v) is 2.55. The minimum Gasteiger partial charge on any atom is -0.351 e. The third-order valence-electron chi connectivity index (χ3n) is 2.55. The molecule has 17 heavy (non-hydrogen) atoms. The second-order valence-corrected chi connectivity index (χ2v) is 3.83. The Balaban J connectivity index is 2.83. The Morgan fingerprint density at radius 1 is 1.12 bits per heavy atom. The van der Waals surface area contributed by atoms with Gasteiger partial charge in [-0.2, -0.15) is 0 Å². The van der Waals surface area contributed by atoms with Crippen molar-refractivity contribution in [2.75, 3.05) is 13.2 Å². The van der Waals surface area contributed by atoms with Crippen molar-refractivity contribution in [3.05, 3.63) is 35.4 Å². The molecule has 0 spiro atoms. The van der Waals surface area contributed by atoms with Crippen molar-refractivity contribution in [2.24, 2.45) is 5.84 Å². The van der Waals surface area contributed by atoms with E-state index in [0.29, 0.717) is 13.2 Å². The fraction of sp³-hybridized carbons (Fsp3) is 0.538. The number of hydrogen-bond donors (Lipinski definition) is 2. The van der Waals surface area contributed by atoms with Crippen LogP contribution in [0.4, 0.5) is 0 Å². The molecular formula is C13H22N2O2. The minimum absolute atomic E-state index is 0.157. The Bertz CT molecular complexity index is 308. The molecule has 0 bridgehead atoms. The SMILES string of the molecule is CCOC(OCC)C(NN)c1ccc(C)cc1. The van der Waals surface area contributed by atoms with E-state index in [1.807, 2.05) is 26.0 Å². The molecule has 3 N–H and O–H groups in total. The van der Waals surface area contributed by atoms with Gasteiger partial charge >= 0.3 is 0 Å². The molecule has 0 amide bonds. The molecule has 1 rings (SSSR count). The van der Waals surface area contributed by atoms with Gasteiger partial charge in [0, 0.05) is 13.2 Å². The van der Waals surface area contributed by atoms with Crippen LogP contribution in [0.5, 0.6) is 0 Å². The molecule has 0 radical (unpaired) electrons. The fourth-order valence-electron chi connectivity index (χ4n) is 1.67. The van der Waals surface area contributed by atoms with E-state index in [-0.39, 0.29) is 12.3 Å². The van der Waals surface area contributed by atoms with Gasteiger partial charge in [-0.25, -0.2) is 5.43 Å². The Kier molecular flexibility index (Phi) is 6.15. The molecule has 0 fully saturated rings. The van der Waals surface area contributed by atoms with Crippen molar-refractivity contribution in [3.63, 3.8) is 0 Å². The number of ether oxygens (including phenoxy) is 2. The highest BCUT2D eigenvalue weighted by molar-refractivity contribution is 5.24. The number of nitrogens with two attached hydrogens (primary N) is 1. The highest BCUT2D eigenvalue weighted by Gasteiger charge is 2.22.